The Morgan fingerprint density at radius 3 is 2.63 bits per heavy atom. The maximum Gasteiger partial charge on any atom is 0.0896 e. The maximum atomic E-state index is 6.02. The first-order valence-corrected chi connectivity index (χ1v) is 7.23. The summed E-state index contributed by atoms with van der Waals surface area (Å²) in [6.07, 6.45) is 0.235. The third-order valence-corrected chi connectivity index (χ3v) is 4.04. The molecule has 3 heteroatoms. The number of rotatable bonds is 4. The Labute approximate surface area is 116 Å². The second kappa shape index (κ2) is 6.51. The van der Waals surface area contributed by atoms with E-state index in [0.717, 1.165) is 26.2 Å². The molecule has 2 rings (SSSR count). The first kappa shape index (κ1) is 14.5. The molecule has 1 aromatic carbocycles. The van der Waals surface area contributed by atoms with Gasteiger partial charge in [-0.2, -0.15) is 0 Å². The van der Waals surface area contributed by atoms with Crippen LogP contribution in [0.25, 0.3) is 0 Å². The third-order valence-electron chi connectivity index (χ3n) is 4.04. The molecule has 106 valence electrons. The Kier molecular flexibility index (Phi) is 4.97. The minimum absolute atomic E-state index is 0.235. The van der Waals surface area contributed by atoms with Gasteiger partial charge >= 0.3 is 0 Å². The molecule has 1 saturated heterocycles. The minimum Gasteiger partial charge on any atom is -0.374 e. The van der Waals surface area contributed by atoms with Gasteiger partial charge in [-0.05, 0) is 44.1 Å². The lowest BCUT2D eigenvalue weighted by Crippen LogP contribution is -2.47. The van der Waals surface area contributed by atoms with Gasteiger partial charge in [0.25, 0.3) is 0 Å². The number of morpholine rings is 1. The predicted molar refractivity (Wildman–Crippen MR) is 79.6 cm³/mol. The van der Waals surface area contributed by atoms with E-state index in [1.165, 1.54) is 16.7 Å². The van der Waals surface area contributed by atoms with Gasteiger partial charge in [-0.1, -0.05) is 25.1 Å². The highest BCUT2D eigenvalue weighted by Crippen LogP contribution is 2.32. The van der Waals surface area contributed by atoms with Crippen molar-refractivity contribution in [2.75, 3.05) is 33.3 Å². The smallest absolute Gasteiger partial charge is 0.0896 e. The molecule has 1 aliphatic rings. The first-order valence-electron chi connectivity index (χ1n) is 7.23. The van der Waals surface area contributed by atoms with Gasteiger partial charge in [-0.15, -0.1) is 0 Å². The zero-order valence-electron chi connectivity index (χ0n) is 12.6. The summed E-state index contributed by atoms with van der Waals surface area (Å²) in [5.41, 5.74) is 4.17. The molecule has 0 aliphatic carbocycles. The van der Waals surface area contributed by atoms with Crippen LogP contribution in [0.4, 0.5) is 0 Å². The molecule has 0 aromatic heterocycles. The summed E-state index contributed by atoms with van der Waals surface area (Å²) in [6, 6.07) is 6.90. The van der Waals surface area contributed by atoms with Gasteiger partial charge in [-0.25, -0.2) is 0 Å². The van der Waals surface area contributed by atoms with E-state index in [1.54, 1.807) is 0 Å². The lowest BCUT2D eigenvalue weighted by Gasteiger charge is -2.41. The van der Waals surface area contributed by atoms with E-state index in [1.807, 2.05) is 0 Å². The fourth-order valence-corrected chi connectivity index (χ4v) is 3.02. The Morgan fingerprint density at radius 2 is 2.00 bits per heavy atom. The van der Waals surface area contributed by atoms with Crippen LogP contribution in [-0.4, -0.2) is 44.3 Å². The van der Waals surface area contributed by atoms with Crippen molar-refractivity contribution >= 4 is 0 Å². The number of hydrogen-bond donors (Lipinski definition) is 1. The van der Waals surface area contributed by atoms with E-state index < -0.39 is 0 Å². The van der Waals surface area contributed by atoms with Gasteiger partial charge in [-0.3, -0.25) is 4.90 Å². The fourth-order valence-electron chi connectivity index (χ4n) is 3.02. The van der Waals surface area contributed by atoms with E-state index in [-0.39, 0.29) is 6.10 Å². The molecule has 0 saturated carbocycles. The molecule has 0 spiro atoms. The molecule has 1 aromatic rings. The van der Waals surface area contributed by atoms with Crippen LogP contribution in [0.3, 0.4) is 0 Å². The second-order valence-corrected chi connectivity index (χ2v) is 5.45. The first-order chi connectivity index (χ1) is 9.15. The van der Waals surface area contributed by atoms with Crippen molar-refractivity contribution in [3.8, 4) is 0 Å². The minimum atomic E-state index is 0.235. The zero-order chi connectivity index (χ0) is 13.8. The van der Waals surface area contributed by atoms with Crippen molar-refractivity contribution in [1.82, 2.24) is 10.2 Å². The Balaban J connectivity index is 2.30. The van der Waals surface area contributed by atoms with E-state index >= 15 is 0 Å². The lowest BCUT2D eigenvalue weighted by molar-refractivity contribution is -0.0615. The standard InChI is InChI=1S/C16H26N2O/c1-5-17-11-14-16(18(4)9-10-19-14)15-12(2)7-6-8-13(15)3/h6-8,14,16-17H,5,9-11H2,1-4H3. The van der Waals surface area contributed by atoms with Crippen molar-refractivity contribution in [3.05, 3.63) is 34.9 Å². The quantitative estimate of drug-likeness (QED) is 0.901. The van der Waals surface area contributed by atoms with Crippen molar-refractivity contribution in [1.29, 1.82) is 0 Å². The van der Waals surface area contributed by atoms with E-state index in [2.05, 4.69) is 56.2 Å². The topological polar surface area (TPSA) is 24.5 Å². The Hall–Kier alpha value is -0.900. The van der Waals surface area contributed by atoms with Crippen molar-refractivity contribution < 1.29 is 4.74 Å². The molecule has 19 heavy (non-hydrogen) atoms. The average molecular weight is 262 g/mol. The monoisotopic (exact) mass is 262 g/mol. The SMILES string of the molecule is CCNCC1OCCN(C)C1c1c(C)cccc1C. The number of ether oxygens (including phenoxy) is 1. The van der Waals surface area contributed by atoms with Crippen LogP contribution in [0.2, 0.25) is 0 Å². The van der Waals surface area contributed by atoms with Crippen LogP contribution in [0.1, 0.15) is 29.7 Å². The summed E-state index contributed by atoms with van der Waals surface area (Å²) < 4.78 is 6.02. The molecule has 1 N–H and O–H groups in total. The van der Waals surface area contributed by atoms with Crippen molar-refractivity contribution in [2.24, 2.45) is 0 Å². The molecule has 0 radical (unpaired) electrons. The van der Waals surface area contributed by atoms with Gasteiger partial charge in [0.1, 0.15) is 0 Å². The summed E-state index contributed by atoms with van der Waals surface area (Å²) in [4.78, 5) is 2.43. The number of nitrogens with one attached hydrogen (secondary N) is 1. The van der Waals surface area contributed by atoms with E-state index in [0.29, 0.717) is 6.04 Å². The molecule has 0 amide bonds. The number of nitrogens with zero attached hydrogens (tertiary/aromatic N) is 1. The molecule has 2 unspecified atom stereocenters. The van der Waals surface area contributed by atoms with Gasteiger partial charge in [0.05, 0.1) is 18.8 Å². The highest BCUT2D eigenvalue weighted by molar-refractivity contribution is 5.37. The third kappa shape index (κ3) is 3.16. The maximum absolute atomic E-state index is 6.02. The summed E-state index contributed by atoms with van der Waals surface area (Å²) in [6.45, 7) is 10.3. The molecule has 2 atom stereocenters. The van der Waals surface area contributed by atoms with Crippen molar-refractivity contribution in [2.45, 2.75) is 32.9 Å². The molecule has 3 nitrogen and oxygen atoms in total. The van der Waals surface area contributed by atoms with Crippen LogP contribution >= 0.6 is 0 Å². The van der Waals surface area contributed by atoms with Gasteiger partial charge < -0.3 is 10.1 Å². The summed E-state index contributed by atoms with van der Waals surface area (Å²) in [5.74, 6) is 0. The van der Waals surface area contributed by atoms with Crippen molar-refractivity contribution in [3.63, 3.8) is 0 Å². The van der Waals surface area contributed by atoms with Crippen LogP contribution in [0.5, 0.6) is 0 Å². The lowest BCUT2D eigenvalue weighted by atomic mass is 9.90. The van der Waals surface area contributed by atoms with Gasteiger partial charge in [0, 0.05) is 13.1 Å². The molecule has 1 fully saturated rings. The van der Waals surface area contributed by atoms with Gasteiger partial charge in [0.2, 0.25) is 0 Å². The number of likely N-dealkylation sites (N-methyl/N-ethyl adjacent to an activating group) is 2. The predicted octanol–water partition coefficient (Wildman–Crippen LogP) is 2.28. The van der Waals surface area contributed by atoms with Crippen LogP contribution in [-0.2, 0) is 4.74 Å². The number of aryl methyl sites for hydroxylation is 2. The van der Waals surface area contributed by atoms with E-state index in [4.69, 9.17) is 4.74 Å². The van der Waals surface area contributed by atoms with E-state index in [9.17, 15) is 0 Å². The average Bonchev–Trinajstić information content (AvgIpc) is 2.38. The molecule has 1 aliphatic heterocycles. The Morgan fingerprint density at radius 1 is 1.32 bits per heavy atom. The molecular formula is C16H26N2O. The van der Waals surface area contributed by atoms with Crippen LogP contribution in [0, 0.1) is 13.8 Å². The summed E-state index contributed by atoms with van der Waals surface area (Å²) >= 11 is 0. The molecular weight excluding hydrogens is 236 g/mol. The van der Waals surface area contributed by atoms with Crippen LogP contribution < -0.4 is 5.32 Å². The summed E-state index contributed by atoms with van der Waals surface area (Å²) in [7, 11) is 2.21. The highest BCUT2D eigenvalue weighted by atomic mass is 16.5. The highest BCUT2D eigenvalue weighted by Gasteiger charge is 2.32. The van der Waals surface area contributed by atoms with Crippen LogP contribution in [0.15, 0.2) is 18.2 Å². The number of hydrogen-bond acceptors (Lipinski definition) is 3. The second-order valence-electron chi connectivity index (χ2n) is 5.45. The summed E-state index contributed by atoms with van der Waals surface area (Å²) in [5, 5.41) is 3.43. The normalized spacial score (nSPS) is 24.6. The number of benzene rings is 1. The van der Waals surface area contributed by atoms with Gasteiger partial charge in [0.15, 0.2) is 0 Å². The fraction of sp³-hybridized carbons (Fsp3) is 0.625. The Bertz CT molecular complexity index is 399. The molecule has 1 heterocycles. The zero-order valence-corrected chi connectivity index (χ0v) is 12.6. The largest absolute Gasteiger partial charge is 0.374 e. The molecule has 0 bridgehead atoms.